The van der Waals surface area contributed by atoms with Gasteiger partial charge in [-0.1, -0.05) is 68.8 Å². The van der Waals surface area contributed by atoms with Crippen molar-refractivity contribution in [2.45, 2.75) is 98.0 Å². The van der Waals surface area contributed by atoms with E-state index in [1.807, 2.05) is 20.8 Å². The van der Waals surface area contributed by atoms with E-state index < -0.39 is 0 Å². The lowest BCUT2D eigenvalue weighted by Crippen LogP contribution is -2.14. The normalized spacial score (nSPS) is 11.4. The third-order valence-electron chi connectivity index (χ3n) is 3.06. The van der Waals surface area contributed by atoms with Crippen LogP contribution in [0.3, 0.4) is 0 Å². The number of hydrogen-bond acceptors (Lipinski definition) is 2. The van der Waals surface area contributed by atoms with Crippen LogP contribution in [0.2, 0.25) is 0 Å². The summed E-state index contributed by atoms with van der Waals surface area (Å²) >= 11 is 3.36. The molecule has 122 valence electrons. The number of carbonyl (C=O) groups excluding carboxylic acids is 1. The van der Waals surface area contributed by atoms with Gasteiger partial charge in [0.1, 0.15) is 0 Å². The van der Waals surface area contributed by atoms with E-state index in [4.69, 9.17) is 4.74 Å². The average molecular weight is 351 g/mol. The van der Waals surface area contributed by atoms with Crippen molar-refractivity contribution in [1.29, 1.82) is 0 Å². The van der Waals surface area contributed by atoms with Gasteiger partial charge in [-0.15, -0.1) is 0 Å². The van der Waals surface area contributed by atoms with Crippen molar-refractivity contribution in [3.05, 3.63) is 0 Å². The monoisotopic (exact) mass is 350 g/mol. The van der Waals surface area contributed by atoms with Crippen molar-refractivity contribution in [3.63, 3.8) is 0 Å². The Labute approximate surface area is 135 Å². The number of halogens is 1. The SMILES string of the molecule is CC.CCCCCCCCC(C)OC(=O)CCCCBr. The predicted molar refractivity (Wildman–Crippen MR) is 92.5 cm³/mol. The minimum Gasteiger partial charge on any atom is -0.463 e. The Kier molecular flexibility index (Phi) is 21.1. The fraction of sp³-hybridized carbons (Fsp3) is 0.941. The van der Waals surface area contributed by atoms with E-state index in [0.717, 1.165) is 24.6 Å². The fourth-order valence-corrected chi connectivity index (χ4v) is 2.31. The van der Waals surface area contributed by atoms with Gasteiger partial charge in [0.05, 0.1) is 6.10 Å². The Morgan fingerprint density at radius 3 is 2.20 bits per heavy atom. The molecule has 0 aromatic rings. The van der Waals surface area contributed by atoms with Crippen molar-refractivity contribution < 1.29 is 9.53 Å². The predicted octanol–water partition coefficient (Wildman–Crippen LogP) is 6.26. The van der Waals surface area contributed by atoms with Crippen LogP contribution in [0.4, 0.5) is 0 Å². The Morgan fingerprint density at radius 2 is 1.60 bits per heavy atom. The van der Waals surface area contributed by atoms with E-state index in [1.165, 1.54) is 38.5 Å². The molecule has 0 N–H and O–H groups in total. The summed E-state index contributed by atoms with van der Waals surface area (Å²) in [6.07, 6.45) is 11.4. The second kappa shape index (κ2) is 18.9. The number of rotatable bonds is 12. The first-order chi connectivity index (χ1) is 9.70. The lowest BCUT2D eigenvalue weighted by molar-refractivity contribution is -0.148. The van der Waals surface area contributed by atoms with Crippen LogP contribution in [0.25, 0.3) is 0 Å². The first-order valence-corrected chi connectivity index (χ1v) is 9.58. The fourth-order valence-electron chi connectivity index (χ4n) is 1.92. The van der Waals surface area contributed by atoms with E-state index in [2.05, 4.69) is 22.9 Å². The molecule has 0 amide bonds. The molecule has 0 aliphatic heterocycles. The highest BCUT2D eigenvalue weighted by Gasteiger charge is 2.08. The van der Waals surface area contributed by atoms with Crippen molar-refractivity contribution in [3.8, 4) is 0 Å². The highest BCUT2D eigenvalue weighted by atomic mass is 79.9. The maximum atomic E-state index is 11.5. The molecule has 2 nitrogen and oxygen atoms in total. The Balaban J connectivity index is 0. The van der Waals surface area contributed by atoms with Gasteiger partial charge in [0.25, 0.3) is 0 Å². The molecule has 0 aromatic carbocycles. The van der Waals surface area contributed by atoms with Gasteiger partial charge in [0, 0.05) is 11.8 Å². The van der Waals surface area contributed by atoms with Gasteiger partial charge in [-0.25, -0.2) is 0 Å². The summed E-state index contributed by atoms with van der Waals surface area (Å²) in [6, 6.07) is 0. The minimum atomic E-state index is -0.0329. The third-order valence-corrected chi connectivity index (χ3v) is 3.62. The van der Waals surface area contributed by atoms with Crippen LogP contribution in [-0.2, 0) is 9.53 Å². The summed E-state index contributed by atoms with van der Waals surface area (Å²) in [5.74, 6) is -0.0329. The van der Waals surface area contributed by atoms with Gasteiger partial charge in [0.15, 0.2) is 0 Å². The van der Waals surface area contributed by atoms with Crippen LogP contribution >= 0.6 is 15.9 Å². The second-order valence-electron chi connectivity index (χ2n) is 5.00. The molecule has 0 aliphatic carbocycles. The van der Waals surface area contributed by atoms with E-state index in [9.17, 15) is 4.79 Å². The molecule has 0 spiro atoms. The summed E-state index contributed by atoms with van der Waals surface area (Å²) in [7, 11) is 0. The van der Waals surface area contributed by atoms with Crippen LogP contribution in [0.1, 0.15) is 91.9 Å². The molecule has 0 fully saturated rings. The molecule has 0 aliphatic rings. The van der Waals surface area contributed by atoms with Crippen molar-refractivity contribution >= 4 is 21.9 Å². The molecule has 0 bridgehead atoms. The summed E-state index contributed by atoms with van der Waals surface area (Å²) < 4.78 is 5.37. The maximum absolute atomic E-state index is 11.5. The highest BCUT2D eigenvalue weighted by Crippen LogP contribution is 2.11. The van der Waals surface area contributed by atoms with Gasteiger partial charge >= 0.3 is 5.97 Å². The first kappa shape index (κ1) is 22.2. The molecule has 20 heavy (non-hydrogen) atoms. The Bertz CT molecular complexity index is 195. The molecule has 0 aromatic heterocycles. The molecule has 0 saturated heterocycles. The standard InChI is InChI=1S/C15H29BrO2.C2H6/c1-3-4-5-6-7-8-11-14(2)18-15(17)12-9-10-13-16;1-2/h14H,3-13H2,1-2H3;1-2H3. The average Bonchev–Trinajstić information content (AvgIpc) is 2.45. The van der Waals surface area contributed by atoms with E-state index >= 15 is 0 Å². The van der Waals surface area contributed by atoms with Crippen molar-refractivity contribution in [2.24, 2.45) is 0 Å². The van der Waals surface area contributed by atoms with E-state index in [0.29, 0.717) is 6.42 Å². The molecule has 0 rings (SSSR count). The van der Waals surface area contributed by atoms with Crippen molar-refractivity contribution in [2.75, 3.05) is 5.33 Å². The molecule has 1 unspecified atom stereocenters. The van der Waals surface area contributed by atoms with E-state index in [1.54, 1.807) is 0 Å². The smallest absolute Gasteiger partial charge is 0.306 e. The van der Waals surface area contributed by atoms with Gasteiger partial charge in [-0.3, -0.25) is 4.79 Å². The second-order valence-corrected chi connectivity index (χ2v) is 5.80. The molecular formula is C17H35BrO2. The lowest BCUT2D eigenvalue weighted by Gasteiger charge is -2.13. The van der Waals surface area contributed by atoms with Crippen molar-refractivity contribution in [1.82, 2.24) is 0 Å². The van der Waals surface area contributed by atoms with Gasteiger partial charge < -0.3 is 4.74 Å². The summed E-state index contributed by atoms with van der Waals surface area (Å²) in [4.78, 5) is 11.5. The zero-order chi connectivity index (χ0) is 15.6. The zero-order valence-corrected chi connectivity index (χ0v) is 15.6. The number of carbonyl (C=O) groups is 1. The van der Waals surface area contributed by atoms with Crippen LogP contribution in [-0.4, -0.2) is 17.4 Å². The van der Waals surface area contributed by atoms with Crippen LogP contribution in [0.15, 0.2) is 0 Å². The van der Waals surface area contributed by atoms with Gasteiger partial charge in [-0.2, -0.15) is 0 Å². The number of unbranched alkanes of at least 4 members (excludes halogenated alkanes) is 6. The lowest BCUT2D eigenvalue weighted by atomic mass is 10.1. The molecule has 3 heteroatoms. The molecule has 1 atom stereocenters. The van der Waals surface area contributed by atoms with Crippen LogP contribution < -0.4 is 0 Å². The zero-order valence-electron chi connectivity index (χ0n) is 14.0. The largest absolute Gasteiger partial charge is 0.463 e. The number of esters is 1. The number of ether oxygens (including phenoxy) is 1. The molecule has 0 radical (unpaired) electrons. The molecule has 0 saturated carbocycles. The minimum absolute atomic E-state index is 0.0329. The first-order valence-electron chi connectivity index (χ1n) is 8.46. The summed E-state index contributed by atoms with van der Waals surface area (Å²) in [5.41, 5.74) is 0. The highest BCUT2D eigenvalue weighted by molar-refractivity contribution is 9.09. The Hall–Kier alpha value is -0.0500. The van der Waals surface area contributed by atoms with Gasteiger partial charge in [-0.05, 0) is 32.6 Å². The maximum Gasteiger partial charge on any atom is 0.306 e. The molecule has 0 heterocycles. The summed E-state index contributed by atoms with van der Waals surface area (Å²) in [6.45, 7) is 8.24. The van der Waals surface area contributed by atoms with Crippen LogP contribution in [0, 0.1) is 0 Å². The van der Waals surface area contributed by atoms with Gasteiger partial charge in [0.2, 0.25) is 0 Å². The van der Waals surface area contributed by atoms with Crippen LogP contribution in [0.5, 0.6) is 0 Å². The number of alkyl halides is 1. The topological polar surface area (TPSA) is 26.3 Å². The number of hydrogen-bond donors (Lipinski definition) is 0. The third kappa shape index (κ3) is 17.9. The Morgan fingerprint density at radius 1 is 1.00 bits per heavy atom. The molecular weight excluding hydrogens is 316 g/mol. The quantitative estimate of drug-likeness (QED) is 0.236. The summed E-state index contributed by atoms with van der Waals surface area (Å²) in [5, 5.41) is 0.966. The van der Waals surface area contributed by atoms with E-state index in [-0.39, 0.29) is 12.1 Å².